The second-order valence-electron chi connectivity index (χ2n) is 4.94. The monoisotopic (exact) mass is 318 g/mol. The molecule has 21 heavy (non-hydrogen) atoms. The molecule has 0 saturated heterocycles. The first kappa shape index (κ1) is 15.4. The Morgan fingerprint density at radius 1 is 1.29 bits per heavy atom. The number of hydrogen-bond donors (Lipinski definition) is 0. The van der Waals surface area contributed by atoms with Gasteiger partial charge < -0.3 is 4.74 Å². The summed E-state index contributed by atoms with van der Waals surface area (Å²) in [5, 5.41) is 19.4. The van der Waals surface area contributed by atoms with Gasteiger partial charge in [-0.2, -0.15) is 10.5 Å². The van der Waals surface area contributed by atoms with Crippen LogP contribution >= 0.6 is 23.2 Å². The Bertz CT molecular complexity index is 765. The number of rotatable bonds is 1. The summed E-state index contributed by atoms with van der Waals surface area (Å²) < 4.78 is 5.96. The number of nitrogens with zero attached hydrogens (tertiary/aromatic N) is 2. The Hall–Kier alpha value is -1.94. The summed E-state index contributed by atoms with van der Waals surface area (Å²) in [6.45, 7) is 5.25. The highest BCUT2D eigenvalue weighted by Crippen LogP contribution is 2.48. The zero-order chi connectivity index (χ0) is 15.8. The summed E-state index contributed by atoms with van der Waals surface area (Å²) in [4.78, 5) is 0. The van der Waals surface area contributed by atoms with Crippen molar-refractivity contribution in [3.63, 3.8) is 0 Å². The van der Waals surface area contributed by atoms with Gasteiger partial charge in [0.25, 0.3) is 0 Å². The van der Waals surface area contributed by atoms with Crippen LogP contribution in [0.5, 0.6) is 0 Å². The van der Waals surface area contributed by atoms with E-state index in [1.807, 2.05) is 13.0 Å². The van der Waals surface area contributed by atoms with Crippen molar-refractivity contribution in [2.45, 2.75) is 26.4 Å². The first-order chi connectivity index (χ1) is 9.85. The average Bonchev–Trinajstić information content (AvgIpc) is 2.70. The molecule has 0 aliphatic carbocycles. The fourth-order valence-corrected chi connectivity index (χ4v) is 2.91. The SMILES string of the molecule is CC1=C(C#N)/C(=C(\C)C#N)OC1(C)c1ccc(Cl)cc1Cl. The van der Waals surface area contributed by atoms with E-state index in [2.05, 4.69) is 6.07 Å². The van der Waals surface area contributed by atoms with Crippen molar-refractivity contribution in [2.24, 2.45) is 0 Å². The number of allylic oxidation sites excluding steroid dienone is 2. The van der Waals surface area contributed by atoms with Gasteiger partial charge in [0, 0.05) is 15.6 Å². The summed E-state index contributed by atoms with van der Waals surface area (Å²) in [7, 11) is 0. The average molecular weight is 319 g/mol. The maximum absolute atomic E-state index is 9.36. The van der Waals surface area contributed by atoms with E-state index in [9.17, 15) is 5.26 Å². The largest absolute Gasteiger partial charge is 0.476 e. The lowest BCUT2D eigenvalue weighted by atomic mass is 9.88. The number of nitriles is 2. The second kappa shape index (κ2) is 5.45. The number of ether oxygens (including phenoxy) is 1. The standard InChI is InChI=1S/C16H12Cl2N2O/c1-9(7-19)15-12(8-20)10(2)16(3,21-15)13-5-4-11(17)6-14(13)18/h4-6H,1-3H3/b15-9-. The molecule has 3 nitrogen and oxygen atoms in total. The maximum atomic E-state index is 9.36. The van der Waals surface area contributed by atoms with Crippen LogP contribution in [0.4, 0.5) is 0 Å². The van der Waals surface area contributed by atoms with E-state index in [1.54, 1.807) is 32.0 Å². The molecule has 1 heterocycles. The van der Waals surface area contributed by atoms with Gasteiger partial charge in [-0.15, -0.1) is 0 Å². The summed E-state index contributed by atoms with van der Waals surface area (Å²) in [5.74, 6) is 0.311. The molecule has 0 amide bonds. The smallest absolute Gasteiger partial charge is 0.155 e. The van der Waals surface area contributed by atoms with Crippen molar-refractivity contribution >= 4 is 23.2 Å². The third-order valence-electron chi connectivity index (χ3n) is 3.69. The molecule has 0 spiro atoms. The summed E-state index contributed by atoms with van der Waals surface area (Å²) in [6.07, 6.45) is 0. The fourth-order valence-electron chi connectivity index (χ4n) is 2.32. The molecule has 106 valence electrons. The molecule has 0 radical (unpaired) electrons. The van der Waals surface area contributed by atoms with Crippen LogP contribution in [0, 0.1) is 22.7 Å². The van der Waals surface area contributed by atoms with Crippen LogP contribution in [0.25, 0.3) is 0 Å². The molecule has 0 aromatic heterocycles. The number of halogens is 2. The van der Waals surface area contributed by atoms with Gasteiger partial charge >= 0.3 is 0 Å². The van der Waals surface area contributed by atoms with Crippen LogP contribution in [0.2, 0.25) is 10.0 Å². The minimum Gasteiger partial charge on any atom is -0.476 e. The van der Waals surface area contributed by atoms with E-state index in [4.69, 9.17) is 33.2 Å². The lowest BCUT2D eigenvalue weighted by molar-refractivity contribution is 0.0724. The molecule has 1 atom stereocenters. The molecule has 1 aliphatic heterocycles. The topological polar surface area (TPSA) is 56.8 Å². The van der Waals surface area contributed by atoms with Gasteiger partial charge in [0.05, 0.1) is 17.2 Å². The summed E-state index contributed by atoms with van der Waals surface area (Å²) in [5.41, 5.74) is 1.28. The Morgan fingerprint density at radius 2 is 1.95 bits per heavy atom. The molecule has 0 bridgehead atoms. The minimum absolute atomic E-state index is 0.311. The quantitative estimate of drug-likeness (QED) is 0.693. The fraction of sp³-hybridized carbons (Fsp3) is 0.250. The molecule has 5 heteroatoms. The molecule has 0 fully saturated rings. The first-order valence-corrected chi connectivity index (χ1v) is 6.98. The van der Waals surface area contributed by atoms with Crippen LogP contribution in [0.1, 0.15) is 26.3 Å². The van der Waals surface area contributed by atoms with Crippen molar-refractivity contribution in [3.8, 4) is 12.1 Å². The van der Waals surface area contributed by atoms with Crippen molar-refractivity contribution < 1.29 is 4.74 Å². The molecule has 1 aliphatic rings. The van der Waals surface area contributed by atoms with E-state index < -0.39 is 5.60 Å². The van der Waals surface area contributed by atoms with E-state index in [0.717, 1.165) is 5.57 Å². The van der Waals surface area contributed by atoms with Gasteiger partial charge in [0.1, 0.15) is 6.07 Å². The van der Waals surface area contributed by atoms with Gasteiger partial charge in [0.15, 0.2) is 11.4 Å². The highest BCUT2D eigenvalue weighted by Gasteiger charge is 2.43. The summed E-state index contributed by atoms with van der Waals surface area (Å²) in [6, 6.07) is 9.25. The van der Waals surface area contributed by atoms with Crippen LogP contribution < -0.4 is 0 Å². The Balaban J connectivity index is 2.69. The Kier molecular flexibility index (Phi) is 4.01. The third-order valence-corrected chi connectivity index (χ3v) is 4.24. The molecular weight excluding hydrogens is 307 g/mol. The van der Waals surface area contributed by atoms with E-state index in [0.29, 0.717) is 32.5 Å². The zero-order valence-electron chi connectivity index (χ0n) is 11.8. The Morgan fingerprint density at radius 3 is 2.48 bits per heavy atom. The van der Waals surface area contributed by atoms with Gasteiger partial charge in [-0.3, -0.25) is 0 Å². The van der Waals surface area contributed by atoms with Gasteiger partial charge in [-0.1, -0.05) is 29.3 Å². The third kappa shape index (κ3) is 2.40. The molecule has 0 N–H and O–H groups in total. The second-order valence-corrected chi connectivity index (χ2v) is 5.78. The Labute approximate surface area is 133 Å². The van der Waals surface area contributed by atoms with Crippen molar-refractivity contribution in [1.29, 1.82) is 10.5 Å². The normalized spacial score (nSPS) is 23.4. The maximum Gasteiger partial charge on any atom is 0.155 e. The van der Waals surface area contributed by atoms with Crippen LogP contribution in [0.15, 0.2) is 40.7 Å². The van der Waals surface area contributed by atoms with Gasteiger partial charge in [-0.25, -0.2) is 0 Å². The lowest BCUT2D eigenvalue weighted by Gasteiger charge is -2.28. The van der Waals surface area contributed by atoms with Crippen molar-refractivity contribution in [3.05, 3.63) is 56.3 Å². The van der Waals surface area contributed by atoms with Crippen molar-refractivity contribution in [1.82, 2.24) is 0 Å². The van der Waals surface area contributed by atoms with E-state index in [-0.39, 0.29) is 0 Å². The predicted molar refractivity (Wildman–Crippen MR) is 81.5 cm³/mol. The highest BCUT2D eigenvalue weighted by molar-refractivity contribution is 6.35. The molecular formula is C16H12Cl2N2O. The number of hydrogen-bond acceptors (Lipinski definition) is 3. The van der Waals surface area contributed by atoms with Gasteiger partial charge in [-0.05, 0) is 38.5 Å². The molecule has 1 unspecified atom stereocenters. The van der Waals surface area contributed by atoms with E-state index >= 15 is 0 Å². The van der Waals surface area contributed by atoms with Gasteiger partial charge in [0.2, 0.25) is 0 Å². The predicted octanol–water partition coefficient (Wildman–Crippen LogP) is 4.88. The van der Waals surface area contributed by atoms with E-state index in [1.165, 1.54) is 0 Å². The zero-order valence-corrected chi connectivity index (χ0v) is 13.3. The van der Waals surface area contributed by atoms with Crippen LogP contribution in [0.3, 0.4) is 0 Å². The number of benzene rings is 1. The minimum atomic E-state index is -0.889. The molecule has 2 rings (SSSR count). The highest BCUT2D eigenvalue weighted by atomic mass is 35.5. The molecule has 1 aromatic rings. The summed E-state index contributed by atoms with van der Waals surface area (Å²) >= 11 is 12.2. The van der Waals surface area contributed by atoms with Crippen molar-refractivity contribution in [2.75, 3.05) is 0 Å². The molecule has 1 aromatic carbocycles. The van der Waals surface area contributed by atoms with Crippen LogP contribution in [-0.4, -0.2) is 0 Å². The first-order valence-electron chi connectivity index (χ1n) is 6.22. The molecule has 0 saturated carbocycles. The lowest BCUT2D eigenvalue weighted by Crippen LogP contribution is -2.23. The van der Waals surface area contributed by atoms with Crippen LogP contribution in [-0.2, 0) is 10.3 Å².